The summed E-state index contributed by atoms with van der Waals surface area (Å²) in [7, 11) is 0. The first-order valence-corrected chi connectivity index (χ1v) is 7.25. The van der Waals surface area contributed by atoms with Crippen molar-refractivity contribution < 1.29 is 18.7 Å². The van der Waals surface area contributed by atoms with Gasteiger partial charge in [0, 0.05) is 27.9 Å². The van der Waals surface area contributed by atoms with Crippen LogP contribution in [0.15, 0.2) is 46.9 Å². The van der Waals surface area contributed by atoms with E-state index in [2.05, 4.69) is 21.2 Å². The van der Waals surface area contributed by atoms with Crippen LogP contribution in [0.5, 0.6) is 11.5 Å². The van der Waals surface area contributed by atoms with Gasteiger partial charge in [-0.2, -0.15) is 0 Å². The fraction of sp³-hybridized carbons (Fsp3) is 0.0625. The van der Waals surface area contributed by atoms with Gasteiger partial charge < -0.3 is 14.8 Å². The van der Waals surface area contributed by atoms with Crippen LogP contribution in [0.2, 0.25) is 0 Å². The molecule has 1 amide bonds. The van der Waals surface area contributed by atoms with Gasteiger partial charge in [0.15, 0.2) is 11.5 Å². The highest BCUT2D eigenvalue weighted by atomic mass is 79.9. The maximum absolute atomic E-state index is 13.6. The van der Waals surface area contributed by atoms with E-state index in [1.54, 1.807) is 30.3 Å². The number of hydrogen-bond donors (Lipinski definition) is 1. The van der Waals surface area contributed by atoms with Crippen molar-refractivity contribution in [2.45, 2.75) is 0 Å². The van der Waals surface area contributed by atoms with Crippen molar-refractivity contribution in [2.75, 3.05) is 12.1 Å². The Morgan fingerprint density at radius 2 is 2.00 bits per heavy atom. The van der Waals surface area contributed by atoms with Gasteiger partial charge in [-0.15, -0.1) is 0 Å². The van der Waals surface area contributed by atoms with Crippen LogP contribution in [0.3, 0.4) is 0 Å². The maximum atomic E-state index is 13.6. The summed E-state index contributed by atoms with van der Waals surface area (Å²) in [6.45, 7) is 0.175. The minimum Gasteiger partial charge on any atom is -0.454 e. The van der Waals surface area contributed by atoms with E-state index in [1.807, 2.05) is 0 Å². The number of rotatable bonds is 3. The molecule has 2 aromatic carbocycles. The molecule has 0 radical (unpaired) electrons. The van der Waals surface area contributed by atoms with Crippen molar-refractivity contribution in [1.29, 1.82) is 0 Å². The van der Waals surface area contributed by atoms with Gasteiger partial charge in [-0.05, 0) is 36.4 Å². The first kappa shape index (κ1) is 14.6. The second-order valence-corrected chi connectivity index (χ2v) is 5.47. The third-order valence-electron chi connectivity index (χ3n) is 3.01. The average Bonchev–Trinajstić information content (AvgIpc) is 2.96. The molecule has 0 aromatic heterocycles. The van der Waals surface area contributed by atoms with Crippen molar-refractivity contribution in [3.8, 4) is 11.5 Å². The molecule has 112 valence electrons. The predicted octanol–water partition coefficient (Wildman–Crippen LogP) is 3.97. The second kappa shape index (κ2) is 6.19. The molecule has 0 atom stereocenters. The van der Waals surface area contributed by atoms with E-state index < -0.39 is 5.82 Å². The number of halogens is 2. The van der Waals surface area contributed by atoms with Crippen LogP contribution in [0, 0.1) is 5.82 Å². The van der Waals surface area contributed by atoms with E-state index in [-0.39, 0.29) is 12.7 Å². The predicted molar refractivity (Wildman–Crippen MR) is 84.3 cm³/mol. The fourth-order valence-corrected chi connectivity index (χ4v) is 2.34. The van der Waals surface area contributed by atoms with Gasteiger partial charge in [0.2, 0.25) is 12.7 Å². The van der Waals surface area contributed by atoms with Crippen molar-refractivity contribution in [3.63, 3.8) is 0 Å². The molecular formula is C16H11BrFNO3. The third-order valence-corrected chi connectivity index (χ3v) is 3.51. The van der Waals surface area contributed by atoms with Gasteiger partial charge in [-0.25, -0.2) is 4.39 Å². The summed E-state index contributed by atoms with van der Waals surface area (Å²) >= 11 is 3.26. The number of carbonyl (C=O) groups is 1. The summed E-state index contributed by atoms with van der Waals surface area (Å²) in [6, 6.07) is 9.63. The number of ether oxygens (including phenoxy) is 2. The monoisotopic (exact) mass is 363 g/mol. The standard InChI is InChI=1S/C16H11BrFNO3/c17-11-2-4-13(18)10(7-11)1-6-16(20)19-12-3-5-14-15(8-12)22-9-21-14/h1-8H,9H2,(H,19,20). The lowest BCUT2D eigenvalue weighted by atomic mass is 10.2. The van der Waals surface area contributed by atoms with E-state index in [9.17, 15) is 9.18 Å². The fourth-order valence-electron chi connectivity index (χ4n) is 1.97. The molecule has 0 saturated heterocycles. The number of benzene rings is 2. The van der Waals surface area contributed by atoms with Gasteiger partial charge in [0.05, 0.1) is 0 Å². The van der Waals surface area contributed by atoms with Crippen molar-refractivity contribution in [1.82, 2.24) is 0 Å². The largest absolute Gasteiger partial charge is 0.454 e. The summed E-state index contributed by atoms with van der Waals surface area (Å²) in [4.78, 5) is 11.9. The van der Waals surface area contributed by atoms with Gasteiger partial charge in [0.25, 0.3) is 0 Å². The molecule has 1 aliphatic heterocycles. The Kier molecular flexibility index (Phi) is 4.11. The highest BCUT2D eigenvalue weighted by Gasteiger charge is 2.13. The molecule has 1 heterocycles. The summed E-state index contributed by atoms with van der Waals surface area (Å²) in [5, 5.41) is 2.68. The van der Waals surface area contributed by atoms with Gasteiger partial charge in [-0.3, -0.25) is 4.79 Å². The zero-order chi connectivity index (χ0) is 15.5. The van der Waals surface area contributed by atoms with E-state index in [1.165, 1.54) is 18.2 Å². The molecule has 22 heavy (non-hydrogen) atoms. The Morgan fingerprint density at radius 1 is 1.18 bits per heavy atom. The van der Waals surface area contributed by atoms with Crippen LogP contribution in [0.4, 0.5) is 10.1 Å². The van der Waals surface area contributed by atoms with Gasteiger partial charge in [0.1, 0.15) is 5.82 Å². The molecule has 6 heteroatoms. The van der Waals surface area contributed by atoms with Gasteiger partial charge in [-0.1, -0.05) is 15.9 Å². The molecule has 0 fully saturated rings. The quantitative estimate of drug-likeness (QED) is 0.839. The Labute approximate surface area is 134 Å². The van der Waals surface area contributed by atoms with Crippen LogP contribution in [0.25, 0.3) is 6.08 Å². The van der Waals surface area contributed by atoms with Crippen molar-refractivity contribution in [3.05, 3.63) is 58.3 Å². The summed E-state index contributed by atoms with van der Waals surface area (Å²) in [6.07, 6.45) is 2.69. The molecular weight excluding hydrogens is 353 g/mol. The van der Waals surface area contributed by atoms with Crippen LogP contribution >= 0.6 is 15.9 Å². The number of fused-ring (bicyclic) bond motifs is 1. The minimum atomic E-state index is -0.393. The highest BCUT2D eigenvalue weighted by Crippen LogP contribution is 2.34. The number of hydrogen-bond acceptors (Lipinski definition) is 3. The maximum Gasteiger partial charge on any atom is 0.248 e. The Balaban J connectivity index is 1.70. The Morgan fingerprint density at radius 3 is 2.86 bits per heavy atom. The minimum absolute atomic E-state index is 0.175. The van der Waals surface area contributed by atoms with Crippen LogP contribution in [-0.2, 0) is 4.79 Å². The lowest BCUT2D eigenvalue weighted by molar-refractivity contribution is -0.111. The lowest BCUT2D eigenvalue weighted by Gasteiger charge is -2.03. The number of amides is 1. The molecule has 0 unspecified atom stereocenters. The van der Waals surface area contributed by atoms with Crippen LogP contribution in [0.1, 0.15) is 5.56 Å². The highest BCUT2D eigenvalue weighted by molar-refractivity contribution is 9.10. The number of anilines is 1. The smallest absolute Gasteiger partial charge is 0.248 e. The van der Waals surface area contributed by atoms with Crippen molar-refractivity contribution >= 4 is 33.6 Å². The molecule has 0 saturated carbocycles. The third kappa shape index (κ3) is 3.28. The summed E-state index contributed by atoms with van der Waals surface area (Å²) < 4.78 is 24.7. The molecule has 1 N–H and O–H groups in total. The van der Waals surface area contributed by atoms with E-state index in [4.69, 9.17) is 9.47 Å². The molecule has 0 spiro atoms. The number of carbonyl (C=O) groups excluding carboxylic acids is 1. The first-order chi connectivity index (χ1) is 10.6. The topological polar surface area (TPSA) is 47.6 Å². The zero-order valence-electron chi connectivity index (χ0n) is 11.3. The molecule has 0 bridgehead atoms. The van der Waals surface area contributed by atoms with E-state index in [0.29, 0.717) is 22.7 Å². The molecule has 4 nitrogen and oxygen atoms in total. The van der Waals surface area contributed by atoms with Crippen LogP contribution in [-0.4, -0.2) is 12.7 Å². The lowest BCUT2D eigenvalue weighted by Crippen LogP contribution is -2.07. The van der Waals surface area contributed by atoms with E-state index in [0.717, 1.165) is 4.47 Å². The van der Waals surface area contributed by atoms with E-state index >= 15 is 0 Å². The van der Waals surface area contributed by atoms with Crippen molar-refractivity contribution in [2.24, 2.45) is 0 Å². The van der Waals surface area contributed by atoms with Crippen LogP contribution < -0.4 is 14.8 Å². The Bertz CT molecular complexity index is 761. The molecule has 2 aromatic rings. The molecule has 3 rings (SSSR count). The normalized spacial score (nSPS) is 12.6. The Hall–Kier alpha value is -2.34. The first-order valence-electron chi connectivity index (χ1n) is 6.45. The van der Waals surface area contributed by atoms with Gasteiger partial charge >= 0.3 is 0 Å². The molecule has 0 aliphatic carbocycles. The second-order valence-electron chi connectivity index (χ2n) is 4.56. The number of nitrogens with one attached hydrogen (secondary N) is 1. The average molecular weight is 364 g/mol. The summed E-state index contributed by atoms with van der Waals surface area (Å²) in [5.41, 5.74) is 0.906. The zero-order valence-corrected chi connectivity index (χ0v) is 12.9. The SMILES string of the molecule is O=C(C=Cc1cc(Br)ccc1F)Nc1ccc2c(c1)OCO2. The molecule has 1 aliphatic rings. The summed E-state index contributed by atoms with van der Waals surface area (Å²) in [5.74, 6) is 0.470.